The zero-order valence-corrected chi connectivity index (χ0v) is 8.60. The van der Waals surface area contributed by atoms with Crippen molar-refractivity contribution >= 4 is 0 Å². The van der Waals surface area contributed by atoms with Crippen molar-refractivity contribution < 1.29 is 0 Å². The van der Waals surface area contributed by atoms with Crippen LogP contribution in [0.25, 0.3) is 0 Å². The zero-order chi connectivity index (χ0) is 8.81. The first-order valence-corrected chi connectivity index (χ1v) is 5.58. The highest BCUT2D eigenvalue weighted by Crippen LogP contribution is 2.18. The normalized spacial score (nSPS) is 28.5. The van der Waals surface area contributed by atoms with Gasteiger partial charge in [-0.3, -0.25) is 0 Å². The molecule has 0 saturated carbocycles. The first kappa shape index (κ1) is 10.0. The molecule has 0 spiro atoms. The maximum Gasteiger partial charge on any atom is 0.0105 e. The van der Waals surface area contributed by atoms with Gasteiger partial charge in [0.15, 0.2) is 0 Å². The maximum atomic E-state index is 3.49. The van der Waals surface area contributed by atoms with Crippen molar-refractivity contribution in [3.05, 3.63) is 0 Å². The van der Waals surface area contributed by atoms with E-state index in [4.69, 9.17) is 0 Å². The molecule has 1 aliphatic heterocycles. The lowest BCUT2D eigenvalue weighted by molar-refractivity contribution is 0.234. The average molecular weight is 169 g/mol. The first-order chi connectivity index (χ1) is 5.84. The van der Waals surface area contributed by atoms with E-state index in [1.807, 2.05) is 0 Å². The molecule has 0 aliphatic carbocycles. The van der Waals surface area contributed by atoms with E-state index >= 15 is 0 Å². The Bertz CT molecular complexity index is 112. The van der Waals surface area contributed by atoms with Gasteiger partial charge in [-0.25, -0.2) is 0 Å². The van der Waals surface area contributed by atoms with Gasteiger partial charge in [0.1, 0.15) is 0 Å². The third-order valence-corrected chi connectivity index (χ3v) is 3.01. The lowest BCUT2D eigenvalue weighted by Gasteiger charge is -2.35. The Balaban J connectivity index is 1.82. The van der Waals surface area contributed by atoms with E-state index in [0.29, 0.717) is 0 Å². The van der Waals surface area contributed by atoms with Crippen LogP contribution >= 0.6 is 0 Å². The molecule has 12 heavy (non-hydrogen) atoms. The van der Waals surface area contributed by atoms with Crippen molar-refractivity contribution in [1.29, 1.82) is 0 Å². The summed E-state index contributed by atoms with van der Waals surface area (Å²) in [6, 6.07) is 0.853. The molecule has 1 saturated heterocycles. The highest BCUT2D eigenvalue weighted by Gasteiger charge is 2.24. The molecule has 0 aromatic heterocycles. The van der Waals surface area contributed by atoms with Crippen molar-refractivity contribution in [3.8, 4) is 0 Å². The average Bonchev–Trinajstić information content (AvgIpc) is 2.08. The Morgan fingerprint density at radius 2 is 1.92 bits per heavy atom. The molecule has 1 nitrogen and oxygen atoms in total. The van der Waals surface area contributed by atoms with Crippen molar-refractivity contribution in [2.45, 2.75) is 58.4 Å². The molecule has 0 aromatic carbocycles. The third kappa shape index (κ3) is 3.14. The number of rotatable bonds is 6. The summed E-state index contributed by atoms with van der Waals surface area (Å²) < 4.78 is 0. The smallest absolute Gasteiger partial charge is 0.0105 e. The molecule has 1 aliphatic rings. The minimum Gasteiger partial charge on any atom is -0.313 e. The van der Waals surface area contributed by atoms with Gasteiger partial charge in [0.2, 0.25) is 0 Å². The quantitative estimate of drug-likeness (QED) is 0.603. The van der Waals surface area contributed by atoms with Crippen LogP contribution in [0.15, 0.2) is 0 Å². The summed E-state index contributed by atoms with van der Waals surface area (Å²) in [6.07, 6.45) is 8.51. The van der Waals surface area contributed by atoms with E-state index in [-0.39, 0.29) is 0 Å². The molecule has 1 N–H and O–H groups in total. The molecule has 0 radical (unpaired) electrons. The van der Waals surface area contributed by atoms with Gasteiger partial charge in [-0.2, -0.15) is 0 Å². The Morgan fingerprint density at radius 3 is 2.42 bits per heavy atom. The van der Waals surface area contributed by atoms with E-state index in [0.717, 1.165) is 12.0 Å². The molecular weight excluding hydrogens is 146 g/mol. The summed E-state index contributed by atoms with van der Waals surface area (Å²) >= 11 is 0. The molecule has 2 atom stereocenters. The van der Waals surface area contributed by atoms with E-state index < -0.39 is 0 Å². The van der Waals surface area contributed by atoms with Crippen LogP contribution in [0.3, 0.4) is 0 Å². The summed E-state index contributed by atoms with van der Waals surface area (Å²) in [6.45, 7) is 5.88. The lowest BCUT2D eigenvalue weighted by Crippen LogP contribution is -2.51. The predicted molar refractivity (Wildman–Crippen MR) is 54.3 cm³/mol. The van der Waals surface area contributed by atoms with Gasteiger partial charge in [-0.15, -0.1) is 0 Å². The fraction of sp³-hybridized carbons (Fsp3) is 1.00. The molecule has 1 fully saturated rings. The van der Waals surface area contributed by atoms with Crippen LogP contribution in [0, 0.1) is 5.92 Å². The van der Waals surface area contributed by atoms with Crippen LogP contribution in [0.4, 0.5) is 0 Å². The lowest BCUT2D eigenvalue weighted by atomic mass is 9.89. The van der Waals surface area contributed by atoms with Crippen molar-refractivity contribution in [2.75, 3.05) is 6.54 Å². The summed E-state index contributed by atoms with van der Waals surface area (Å²) in [4.78, 5) is 0. The summed E-state index contributed by atoms with van der Waals surface area (Å²) in [5, 5.41) is 3.49. The van der Waals surface area contributed by atoms with Gasteiger partial charge in [0, 0.05) is 6.04 Å². The number of hydrogen-bond donors (Lipinski definition) is 1. The standard InChI is InChI=1S/C11H23N/c1-3-4-5-6-7-8-11-10(2)9-12-11/h10-12H,3-9H2,1-2H3/t10?,11-/m0/s1. The van der Waals surface area contributed by atoms with Gasteiger partial charge < -0.3 is 5.32 Å². The molecule has 1 unspecified atom stereocenters. The Morgan fingerprint density at radius 1 is 1.17 bits per heavy atom. The molecule has 1 heteroatoms. The topological polar surface area (TPSA) is 12.0 Å². The molecule has 1 heterocycles. The first-order valence-electron chi connectivity index (χ1n) is 5.58. The van der Waals surface area contributed by atoms with Gasteiger partial charge in [-0.05, 0) is 18.9 Å². The van der Waals surface area contributed by atoms with Crippen LogP contribution in [0.1, 0.15) is 52.4 Å². The van der Waals surface area contributed by atoms with E-state index in [1.165, 1.54) is 45.1 Å². The van der Waals surface area contributed by atoms with Gasteiger partial charge in [0.05, 0.1) is 0 Å². The van der Waals surface area contributed by atoms with Crippen molar-refractivity contribution in [1.82, 2.24) is 5.32 Å². The molecular formula is C11H23N. The van der Waals surface area contributed by atoms with E-state index in [2.05, 4.69) is 19.2 Å². The zero-order valence-electron chi connectivity index (χ0n) is 8.60. The van der Waals surface area contributed by atoms with Crippen LogP contribution in [-0.4, -0.2) is 12.6 Å². The monoisotopic (exact) mass is 169 g/mol. The highest BCUT2D eigenvalue weighted by molar-refractivity contribution is 4.84. The number of unbranched alkanes of at least 4 members (excludes halogenated alkanes) is 4. The van der Waals surface area contributed by atoms with Crippen molar-refractivity contribution in [2.24, 2.45) is 5.92 Å². The largest absolute Gasteiger partial charge is 0.313 e. The fourth-order valence-corrected chi connectivity index (χ4v) is 1.87. The van der Waals surface area contributed by atoms with Crippen LogP contribution < -0.4 is 5.32 Å². The summed E-state index contributed by atoms with van der Waals surface area (Å²) in [5.41, 5.74) is 0. The third-order valence-electron chi connectivity index (χ3n) is 3.01. The predicted octanol–water partition coefficient (Wildman–Crippen LogP) is 2.95. The van der Waals surface area contributed by atoms with Crippen LogP contribution in [-0.2, 0) is 0 Å². The SMILES string of the molecule is CCCCCCC[C@@H]1NCC1C. The maximum absolute atomic E-state index is 3.49. The van der Waals surface area contributed by atoms with Gasteiger partial charge >= 0.3 is 0 Å². The second kappa shape index (κ2) is 5.58. The Kier molecular flexibility index (Phi) is 4.67. The van der Waals surface area contributed by atoms with Gasteiger partial charge in [0.25, 0.3) is 0 Å². The van der Waals surface area contributed by atoms with E-state index in [9.17, 15) is 0 Å². The minimum absolute atomic E-state index is 0.853. The second-order valence-corrected chi connectivity index (χ2v) is 4.19. The molecule has 1 rings (SSSR count). The van der Waals surface area contributed by atoms with Gasteiger partial charge in [-0.1, -0.05) is 46.0 Å². The van der Waals surface area contributed by atoms with Crippen LogP contribution in [0.5, 0.6) is 0 Å². The minimum atomic E-state index is 0.853. The Labute approximate surface area is 76.9 Å². The summed E-state index contributed by atoms with van der Waals surface area (Å²) in [7, 11) is 0. The molecule has 72 valence electrons. The van der Waals surface area contributed by atoms with Crippen molar-refractivity contribution in [3.63, 3.8) is 0 Å². The fourth-order valence-electron chi connectivity index (χ4n) is 1.87. The number of nitrogens with one attached hydrogen (secondary N) is 1. The molecule has 0 aromatic rings. The number of hydrogen-bond acceptors (Lipinski definition) is 1. The molecule has 0 amide bonds. The molecule has 0 bridgehead atoms. The highest BCUT2D eigenvalue weighted by atomic mass is 15.0. The van der Waals surface area contributed by atoms with Crippen LogP contribution in [0.2, 0.25) is 0 Å². The Hall–Kier alpha value is -0.0400. The van der Waals surface area contributed by atoms with E-state index in [1.54, 1.807) is 0 Å². The second-order valence-electron chi connectivity index (χ2n) is 4.19. The summed E-state index contributed by atoms with van der Waals surface area (Å²) in [5.74, 6) is 0.941.